The quantitative estimate of drug-likeness (QED) is 0.205. The second kappa shape index (κ2) is 13.5. The minimum Gasteiger partial charge on any atom is -0.508 e. The van der Waals surface area contributed by atoms with Crippen LogP contribution in [0.25, 0.3) is 0 Å². The van der Waals surface area contributed by atoms with Crippen LogP contribution in [0.15, 0.2) is 97.1 Å². The highest BCUT2D eigenvalue weighted by Crippen LogP contribution is 2.47. The normalized spacial score (nSPS) is 21.6. The molecular weight excluding hydrogens is 588 g/mol. The van der Waals surface area contributed by atoms with Gasteiger partial charge in [0.15, 0.2) is 0 Å². The van der Waals surface area contributed by atoms with Crippen molar-refractivity contribution in [3.63, 3.8) is 0 Å². The molecular formula is C39H42N4O4. The zero-order valence-corrected chi connectivity index (χ0v) is 26.8. The van der Waals surface area contributed by atoms with Gasteiger partial charge in [0.2, 0.25) is 11.8 Å². The fraction of sp³-hybridized carbons (Fsp3) is 0.333. The van der Waals surface area contributed by atoms with Gasteiger partial charge in [-0.05, 0) is 73.3 Å². The molecule has 3 heterocycles. The number of hydrogen-bond donors (Lipinski definition) is 3. The molecule has 2 saturated heterocycles. The van der Waals surface area contributed by atoms with Gasteiger partial charge in [-0.2, -0.15) is 0 Å². The Labute approximate surface area is 276 Å². The molecule has 0 radical (unpaired) electrons. The number of ether oxygens (including phenoxy) is 1. The highest BCUT2D eigenvalue weighted by molar-refractivity contribution is 6.01. The molecule has 0 spiro atoms. The minimum atomic E-state index is -0.383. The van der Waals surface area contributed by atoms with Crippen LogP contribution in [0.4, 0.5) is 11.4 Å². The molecule has 8 nitrogen and oxygen atoms in total. The summed E-state index contributed by atoms with van der Waals surface area (Å²) in [7, 11) is 2.20. The number of benzene rings is 4. The van der Waals surface area contributed by atoms with Gasteiger partial charge < -0.3 is 20.1 Å². The summed E-state index contributed by atoms with van der Waals surface area (Å²) in [5.74, 6) is 0.839. The number of phenols is 1. The van der Waals surface area contributed by atoms with Crippen LogP contribution in [0.3, 0.4) is 0 Å². The number of amides is 2. The summed E-state index contributed by atoms with van der Waals surface area (Å²) in [6.45, 7) is 3.39. The monoisotopic (exact) mass is 630 g/mol. The zero-order chi connectivity index (χ0) is 32.3. The summed E-state index contributed by atoms with van der Waals surface area (Å²) < 4.78 is 6.15. The number of carbonyl (C=O) groups excluding carboxylic acids is 2. The second-order valence-corrected chi connectivity index (χ2v) is 13.1. The van der Waals surface area contributed by atoms with E-state index in [1.165, 1.54) is 22.4 Å². The summed E-state index contributed by atoms with van der Waals surface area (Å²) >= 11 is 0. The average Bonchev–Trinajstić information content (AvgIpc) is 3.09. The molecule has 0 aromatic heterocycles. The third-order valence-electron chi connectivity index (χ3n) is 10.0. The fourth-order valence-corrected chi connectivity index (χ4v) is 7.46. The first kappa shape index (κ1) is 30.8. The Bertz CT molecular complexity index is 1720. The van der Waals surface area contributed by atoms with Gasteiger partial charge in [0.05, 0.1) is 6.61 Å². The highest BCUT2D eigenvalue weighted by atomic mass is 16.5. The Kier molecular flexibility index (Phi) is 8.85. The maximum Gasteiger partial charge on any atom is 0.249 e. The Balaban J connectivity index is 0.982. The topological polar surface area (TPSA) is 94.1 Å². The second-order valence-electron chi connectivity index (χ2n) is 13.1. The van der Waals surface area contributed by atoms with Crippen LogP contribution in [-0.2, 0) is 16.1 Å². The van der Waals surface area contributed by atoms with Crippen molar-refractivity contribution in [1.29, 1.82) is 0 Å². The predicted molar refractivity (Wildman–Crippen MR) is 184 cm³/mol. The number of phenolic OH excluding ortho intramolecular Hbond substituents is 1. The van der Waals surface area contributed by atoms with Crippen LogP contribution in [0.2, 0.25) is 0 Å². The number of rotatable bonds is 8. The lowest BCUT2D eigenvalue weighted by Crippen LogP contribution is -2.47. The molecule has 2 fully saturated rings. The Hall–Kier alpha value is -4.82. The molecule has 3 unspecified atom stereocenters. The van der Waals surface area contributed by atoms with Gasteiger partial charge in [-0.1, -0.05) is 60.7 Å². The van der Waals surface area contributed by atoms with E-state index in [0.29, 0.717) is 25.5 Å². The molecule has 2 amide bonds. The van der Waals surface area contributed by atoms with E-state index in [2.05, 4.69) is 88.1 Å². The summed E-state index contributed by atoms with van der Waals surface area (Å²) in [5.41, 5.74) is 6.96. The molecule has 0 saturated carbocycles. The van der Waals surface area contributed by atoms with Crippen LogP contribution in [-0.4, -0.2) is 60.6 Å². The van der Waals surface area contributed by atoms with Gasteiger partial charge in [0.25, 0.3) is 0 Å². The third-order valence-corrected chi connectivity index (χ3v) is 10.0. The summed E-state index contributed by atoms with van der Waals surface area (Å²) in [5, 5.41) is 15.8. The van der Waals surface area contributed by atoms with E-state index in [0.717, 1.165) is 49.5 Å². The van der Waals surface area contributed by atoms with Gasteiger partial charge in [-0.15, -0.1) is 0 Å². The molecule has 3 aliphatic rings. The van der Waals surface area contributed by atoms with Crippen LogP contribution < -0.4 is 20.3 Å². The van der Waals surface area contributed by atoms with Crippen LogP contribution in [0, 0.1) is 0 Å². The first-order valence-corrected chi connectivity index (χ1v) is 16.7. The van der Waals surface area contributed by atoms with Gasteiger partial charge >= 0.3 is 0 Å². The van der Waals surface area contributed by atoms with Gasteiger partial charge in [-0.25, -0.2) is 0 Å². The maximum atomic E-state index is 12.2. The van der Waals surface area contributed by atoms with Crippen LogP contribution in [0.1, 0.15) is 59.8 Å². The first-order valence-electron chi connectivity index (χ1n) is 16.7. The van der Waals surface area contributed by atoms with E-state index >= 15 is 0 Å². The van der Waals surface area contributed by atoms with Crippen molar-refractivity contribution in [2.45, 2.75) is 56.1 Å². The van der Waals surface area contributed by atoms with Gasteiger partial charge in [0.1, 0.15) is 17.5 Å². The SMILES string of the molecule is CN(Cc1cccc(NC2CCC(=O)NC2=O)c1)C1CCN(c2ccc(C3c4ccc(O)cc4OCC3c3ccccc3)cc2)CC1. The van der Waals surface area contributed by atoms with Crippen molar-refractivity contribution in [3.8, 4) is 11.5 Å². The molecule has 7 rings (SSSR count). The van der Waals surface area contributed by atoms with E-state index in [1.54, 1.807) is 12.1 Å². The third kappa shape index (κ3) is 6.83. The van der Waals surface area contributed by atoms with Crippen molar-refractivity contribution < 1.29 is 19.4 Å². The average molecular weight is 631 g/mol. The molecule has 0 bridgehead atoms. The molecule has 3 atom stereocenters. The number of nitrogens with one attached hydrogen (secondary N) is 2. The molecule has 242 valence electrons. The number of nitrogens with zero attached hydrogens (tertiary/aromatic N) is 2. The van der Waals surface area contributed by atoms with Gasteiger partial charge in [-0.3, -0.25) is 19.8 Å². The maximum absolute atomic E-state index is 12.2. The number of aromatic hydroxyl groups is 1. The fourth-order valence-electron chi connectivity index (χ4n) is 7.46. The van der Waals surface area contributed by atoms with E-state index in [-0.39, 0.29) is 35.4 Å². The first-order chi connectivity index (χ1) is 22.9. The number of imide groups is 1. The lowest BCUT2D eigenvalue weighted by molar-refractivity contribution is -0.133. The lowest BCUT2D eigenvalue weighted by Gasteiger charge is -2.38. The number of hydrogen-bond acceptors (Lipinski definition) is 7. The summed E-state index contributed by atoms with van der Waals surface area (Å²) in [4.78, 5) is 28.6. The van der Waals surface area contributed by atoms with E-state index in [9.17, 15) is 14.7 Å². The molecule has 3 N–H and O–H groups in total. The number of anilines is 2. The molecule has 8 heteroatoms. The highest BCUT2D eigenvalue weighted by Gasteiger charge is 2.34. The number of carbonyl (C=O) groups is 2. The standard InChI is InChI=1S/C39H42N4O4/c1-42(24-26-6-5-9-29(22-26)40-35-16-17-37(45)41-39(35)46)30-18-20-43(21-19-30)31-12-10-28(11-13-31)38-33-15-14-32(44)23-36(33)47-25-34(38)27-7-3-2-4-8-27/h2-15,22-23,30,34-35,38,40,44H,16-21,24-25H2,1H3,(H,41,45,46). The molecule has 4 aromatic carbocycles. The minimum absolute atomic E-state index is 0.132. The smallest absolute Gasteiger partial charge is 0.249 e. The largest absolute Gasteiger partial charge is 0.508 e. The van der Waals surface area contributed by atoms with E-state index < -0.39 is 0 Å². The van der Waals surface area contributed by atoms with Crippen molar-refractivity contribution in [2.24, 2.45) is 0 Å². The number of piperidine rings is 2. The van der Waals surface area contributed by atoms with E-state index in [4.69, 9.17) is 4.74 Å². The lowest BCUT2D eigenvalue weighted by atomic mass is 9.76. The summed E-state index contributed by atoms with van der Waals surface area (Å²) in [6, 6.07) is 33.5. The van der Waals surface area contributed by atoms with Crippen molar-refractivity contribution in [1.82, 2.24) is 10.2 Å². The zero-order valence-electron chi connectivity index (χ0n) is 26.8. The number of fused-ring (bicyclic) bond motifs is 1. The molecule has 4 aromatic rings. The molecule has 47 heavy (non-hydrogen) atoms. The van der Waals surface area contributed by atoms with Crippen molar-refractivity contribution in [2.75, 3.05) is 37.0 Å². The van der Waals surface area contributed by atoms with Crippen LogP contribution in [0.5, 0.6) is 11.5 Å². The summed E-state index contributed by atoms with van der Waals surface area (Å²) in [6.07, 6.45) is 3.04. The van der Waals surface area contributed by atoms with Crippen LogP contribution >= 0.6 is 0 Å². The Morgan fingerprint density at radius 2 is 1.68 bits per heavy atom. The van der Waals surface area contributed by atoms with E-state index in [1.807, 2.05) is 24.3 Å². The Morgan fingerprint density at radius 1 is 0.894 bits per heavy atom. The van der Waals surface area contributed by atoms with Gasteiger partial charge in [0, 0.05) is 66.9 Å². The van der Waals surface area contributed by atoms with Crippen molar-refractivity contribution >= 4 is 23.2 Å². The Morgan fingerprint density at radius 3 is 2.45 bits per heavy atom. The molecule has 0 aliphatic carbocycles. The molecule has 3 aliphatic heterocycles. The van der Waals surface area contributed by atoms with Crippen molar-refractivity contribution in [3.05, 3.63) is 119 Å². The predicted octanol–water partition coefficient (Wildman–Crippen LogP) is 6.02.